The van der Waals surface area contributed by atoms with Crippen molar-refractivity contribution in [1.29, 1.82) is 0 Å². The number of rotatable bonds is 4. The molecule has 2 heteroatoms. The highest BCUT2D eigenvalue weighted by atomic mass is 32.2. The third-order valence-corrected chi connectivity index (χ3v) is 2.00. The zero-order valence-corrected chi connectivity index (χ0v) is 9.58. The second-order valence-corrected chi connectivity index (χ2v) is 2.89. The van der Waals surface area contributed by atoms with Crippen molar-refractivity contribution in [2.75, 3.05) is 6.26 Å². The summed E-state index contributed by atoms with van der Waals surface area (Å²) in [4.78, 5) is 4.12. The molecule has 0 amide bonds. The number of unbranched alkanes of at least 4 members (excludes halogenated alkanes) is 1. The zero-order valence-electron chi connectivity index (χ0n) is 8.76. The maximum atomic E-state index is 4.12. The molecule has 0 aliphatic rings. The number of hydrogen-bond donors (Lipinski definition) is 0. The van der Waals surface area contributed by atoms with Gasteiger partial charge in [0.05, 0.1) is 5.04 Å². The topological polar surface area (TPSA) is 12.4 Å². The summed E-state index contributed by atoms with van der Waals surface area (Å²) in [5.41, 5.74) is 0. The first-order valence-electron chi connectivity index (χ1n) is 4.56. The van der Waals surface area contributed by atoms with Gasteiger partial charge in [-0.05, 0) is 19.1 Å². The van der Waals surface area contributed by atoms with Gasteiger partial charge >= 0.3 is 0 Å². The normalized spacial score (nSPS) is 10.2. The van der Waals surface area contributed by atoms with Crippen molar-refractivity contribution in [3.8, 4) is 0 Å². The maximum absolute atomic E-state index is 4.12. The van der Waals surface area contributed by atoms with Crippen LogP contribution in [0, 0.1) is 0 Å². The number of thioether (sulfide) groups is 1. The lowest BCUT2D eigenvalue weighted by molar-refractivity contribution is 0.840. The number of hydrogen-bond acceptors (Lipinski definition) is 2. The van der Waals surface area contributed by atoms with Gasteiger partial charge in [-0.1, -0.05) is 33.8 Å². The van der Waals surface area contributed by atoms with E-state index in [2.05, 4.69) is 24.8 Å². The van der Waals surface area contributed by atoms with E-state index in [4.69, 9.17) is 0 Å². The number of aliphatic imine (C=N–C) groups is 1. The SMILES string of the molecule is C=CN=C(CCCC)SC.CC. The fourth-order valence-electron chi connectivity index (χ4n) is 0.649. The fraction of sp³-hybridized carbons (Fsp3) is 0.700. The van der Waals surface area contributed by atoms with E-state index in [1.54, 1.807) is 18.0 Å². The quantitative estimate of drug-likeness (QED) is 0.476. The van der Waals surface area contributed by atoms with Crippen LogP contribution in [-0.2, 0) is 0 Å². The van der Waals surface area contributed by atoms with Crippen LogP contribution in [0.3, 0.4) is 0 Å². The van der Waals surface area contributed by atoms with Gasteiger partial charge in [-0.15, -0.1) is 11.8 Å². The Kier molecular flexibility index (Phi) is 15.9. The summed E-state index contributed by atoms with van der Waals surface area (Å²) >= 11 is 1.71. The summed E-state index contributed by atoms with van der Waals surface area (Å²) in [6.45, 7) is 9.74. The van der Waals surface area contributed by atoms with E-state index in [0.29, 0.717) is 0 Å². The van der Waals surface area contributed by atoms with Gasteiger partial charge in [-0.25, -0.2) is 0 Å². The lowest BCUT2D eigenvalue weighted by Crippen LogP contribution is -1.89. The van der Waals surface area contributed by atoms with E-state index < -0.39 is 0 Å². The first-order chi connectivity index (χ1) is 5.85. The van der Waals surface area contributed by atoms with Crippen LogP contribution in [0.5, 0.6) is 0 Å². The first kappa shape index (κ1) is 14.3. The van der Waals surface area contributed by atoms with E-state index in [-0.39, 0.29) is 0 Å². The number of nitrogens with zero attached hydrogens (tertiary/aromatic N) is 1. The van der Waals surface area contributed by atoms with E-state index in [0.717, 1.165) is 6.42 Å². The predicted molar refractivity (Wildman–Crippen MR) is 62.0 cm³/mol. The van der Waals surface area contributed by atoms with Crippen molar-refractivity contribution in [2.24, 2.45) is 4.99 Å². The fourth-order valence-corrected chi connectivity index (χ4v) is 1.18. The predicted octanol–water partition coefficient (Wildman–Crippen LogP) is 4.11. The van der Waals surface area contributed by atoms with E-state index in [1.165, 1.54) is 17.9 Å². The minimum atomic E-state index is 1.10. The molecule has 12 heavy (non-hydrogen) atoms. The molecule has 0 saturated carbocycles. The van der Waals surface area contributed by atoms with Gasteiger partial charge in [0.15, 0.2) is 0 Å². The minimum absolute atomic E-state index is 1.10. The van der Waals surface area contributed by atoms with Crippen molar-refractivity contribution < 1.29 is 0 Å². The van der Waals surface area contributed by atoms with Gasteiger partial charge in [-0.3, -0.25) is 4.99 Å². The lowest BCUT2D eigenvalue weighted by Gasteiger charge is -1.97. The Hall–Kier alpha value is -0.240. The Balaban J connectivity index is 0. The molecule has 0 saturated heterocycles. The van der Waals surface area contributed by atoms with E-state index in [9.17, 15) is 0 Å². The van der Waals surface area contributed by atoms with E-state index in [1.807, 2.05) is 13.8 Å². The Bertz CT molecular complexity index is 119. The standard InChI is InChI=1S/C8H15NS.C2H6/c1-4-6-7-8(10-3)9-5-2;1-2/h5H,2,4,6-7H2,1,3H3;1-2H3. The molecule has 0 N–H and O–H groups in total. The Morgan fingerprint density at radius 2 is 2.08 bits per heavy atom. The molecule has 0 aromatic heterocycles. The van der Waals surface area contributed by atoms with Crippen LogP contribution in [0.1, 0.15) is 40.0 Å². The summed E-state index contributed by atoms with van der Waals surface area (Å²) in [5, 5.41) is 1.19. The third kappa shape index (κ3) is 9.76. The van der Waals surface area contributed by atoms with Crippen molar-refractivity contribution in [2.45, 2.75) is 40.0 Å². The van der Waals surface area contributed by atoms with Crippen LogP contribution < -0.4 is 0 Å². The smallest absolute Gasteiger partial charge is 0.0728 e. The van der Waals surface area contributed by atoms with Gasteiger partial charge in [0.1, 0.15) is 0 Å². The van der Waals surface area contributed by atoms with Crippen LogP contribution in [0.4, 0.5) is 0 Å². The van der Waals surface area contributed by atoms with Crippen LogP contribution in [-0.4, -0.2) is 11.3 Å². The van der Waals surface area contributed by atoms with Gasteiger partial charge in [0, 0.05) is 6.20 Å². The molecule has 0 unspecified atom stereocenters. The minimum Gasteiger partial charge on any atom is -0.255 e. The molecule has 1 nitrogen and oxygen atoms in total. The van der Waals surface area contributed by atoms with Crippen LogP contribution in [0.25, 0.3) is 0 Å². The molecule has 0 aliphatic carbocycles. The summed E-state index contributed by atoms with van der Waals surface area (Å²) in [5.74, 6) is 0. The molecule has 0 heterocycles. The van der Waals surface area contributed by atoms with Crippen LogP contribution in [0.15, 0.2) is 17.8 Å². The molecule has 0 spiro atoms. The maximum Gasteiger partial charge on any atom is 0.0728 e. The Morgan fingerprint density at radius 3 is 2.42 bits per heavy atom. The van der Waals surface area contributed by atoms with Gasteiger partial charge in [-0.2, -0.15) is 0 Å². The zero-order chi connectivity index (χ0) is 9.82. The molecule has 0 aromatic carbocycles. The second-order valence-electron chi connectivity index (χ2n) is 2.01. The largest absolute Gasteiger partial charge is 0.255 e. The Morgan fingerprint density at radius 1 is 1.50 bits per heavy atom. The van der Waals surface area contributed by atoms with Crippen molar-refractivity contribution in [3.63, 3.8) is 0 Å². The highest BCUT2D eigenvalue weighted by molar-refractivity contribution is 8.13. The summed E-state index contributed by atoms with van der Waals surface area (Å²) in [7, 11) is 0. The average Bonchev–Trinajstić information content (AvgIpc) is 2.15. The molecule has 0 fully saturated rings. The van der Waals surface area contributed by atoms with E-state index >= 15 is 0 Å². The van der Waals surface area contributed by atoms with Gasteiger partial charge in [0.2, 0.25) is 0 Å². The van der Waals surface area contributed by atoms with Crippen LogP contribution in [0.2, 0.25) is 0 Å². The summed E-state index contributed by atoms with van der Waals surface area (Å²) in [6.07, 6.45) is 7.23. The molecule has 0 bridgehead atoms. The second kappa shape index (κ2) is 13.4. The highest BCUT2D eigenvalue weighted by Crippen LogP contribution is 2.07. The lowest BCUT2D eigenvalue weighted by atomic mass is 10.3. The molecular weight excluding hydrogens is 166 g/mol. The summed E-state index contributed by atoms with van der Waals surface area (Å²) < 4.78 is 0. The van der Waals surface area contributed by atoms with Crippen LogP contribution >= 0.6 is 11.8 Å². The van der Waals surface area contributed by atoms with Crippen molar-refractivity contribution in [3.05, 3.63) is 12.8 Å². The summed E-state index contributed by atoms with van der Waals surface area (Å²) in [6, 6.07) is 0. The average molecular weight is 187 g/mol. The molecule has 0 radical (unpaired) electrons. The van der Waals surface area contributed by atoms with Crippen molar-refractivity contribution >= 4 is 16.8 Å². The van der Waals surface area contributed by atoms with Crippen molar-refractivity contribution in [1.82, 2.24) is 0 Å². The molecule has 0 atom stereocenters. The highest BCUT2D eigenvalue weighted by Gasteiger charge is 1.93. The molecular formula is C10H21NS. The molecule has 0 aromatic rings. The Labute approximate surface area is 81.4 Å². The first-order valence-corrected chi connectivity index (χ1v) is 5.79. The molecule has 72 valence electrons. The molecule has 0 rings (SSSR count). The molecule has 0 aliphatic heterocycles. The monoisotopic (exact) mass is 187 g/mol. The third-order valence-electron chi connectivity index (χ3n) is 1.22. The van der Waals surface area contributed by atoms with Gasteiger partial charge < -0.3 is 0 Å². The van der Waals surface area contributed by atoms with Gasteiger partial charge in [0.25, 0.3) is 0 Å².